The highest BCUT2D eigenvalue weighted by molar-refractivity contribution is 7.92. The summed E-state index contributed by atoms with van der Waals surface area (Å²) in [7, 11) is -3.62. The normalized spacial score (nSPS) is 12.5. The lowest BCUT2D eigenvalue weighted by Crippen LogP contribution is -2.47. The van der Waals surface area contributed by atoms with Crippen molar-refractivity contribution < 1.29 is 17.9 Å². The minimum absolute atomic E-state index is 0.0926. The summed E-state index contributed by atoms with van der Waals surface area (Å²) in [4.78, 5) is 12.6. The van der Waals surface area contributed by atoms with E-state index in [9.17, 15) is 13.2 Å². The van der Waals surface area contributed by atoms with E-state index < -0.39 is 16.1 Å². The van der Waals surface area contributed by atoms with Crippen LogP contribution in [0.3, 0.4) is 0 Å². The Balaban J connectivity index is 2.09. The van der Waals surface area contributed by atoms with Crippen LogP contribution in [0.5, 0.6) is 5.75 Å². The van der Waals surface area contributed by atoms with Crippen molar-refractivity contribution in [3.8, 4) is 5.75 Å². The van der Waals surface area contributed by atoms with Gasteiger partial charge in [-0.15, -0.1) is 0 Å². The maximum atomic E-state index is 12.6. The Kier molecular flexibility index (Phi) is 7.07. The van der Waals surface area contributed by atoms with Crippen LogP contribution in [0, 0.1) is 6.92 Å². The molecule has 0 heterocycles. The van der Waals surface area contributed by atoms with Gasteiger partial charge in [0.05, 0.1) is 18.0 Å². The molecular formula is C21H28N2O4S. The molecule has 2 aromatic rings. The summed E-state index contributed by atoms with van der Waals surface area (Å²) < 4.78 is 31.4. The van der Waals surface area contributed by atoms with E-state index in [0.29, 0.717) is 12.2 Å². The third-order valence-corrected chi connectivity index (χ3v) is 5.35. The van der Waals surface area contributed by atoms with Crippen LogP contribution in [-0.4, -0.2) is 32.7 Å². The molecule has 2 aromatic carbocycles. The van der Waals surface area contributed by atoms with Gasteiger partial charge in [-0.2, -0.15) is 0 Å². The zero-order valence-electron chi connectivity index (χ0n) is 17.0. The predicted octanol–water partition coefficient (Wildman–Crippen LogP) is 3.25. The predicted molar refractivity (Wildman–Crippen MR) is 112 cm³/mol. The van der Waals surface area contributed by atoms with Crippen LogP contribution in [-0.2, 0) is 21.4 Å². The van der Waals surface area contributed by atoms with E-state index in [-0.39, 0.29) is 12.0 Å². The van der Waals surface area contributed by atoms with E-state index in [4.69, 9.17) is 4.74 Å². The molecule has 7 heteroatoms. The molecule has 1 amide bonds. The van der Waals surface area contributed by atoms with Crippen molar-refractivity contribution in [1.82, 2.24) is 5.32 Å². The summed E-state index contributed by atoms with van der Waals surface area (Å²) in [6, 6.07) is 13.6. The molecule has 0 aromatic heterocycles. The number of hydrogen-bond acceptors (Lipinski definition) is 4. The highest BCUT2D eigenvalue weighted by Gasteiger charge is 2.28. The molecule has 0 radical (unpaired) electrons. The first-order valence-electron chi connectivity index (χ1n) is 9.17. The number of sulfonamides is 1. The standard InChI is InChI=1S/C21H28N2O4S/c1-15(2)27-20-11-9-18(10-12-20)14-22-21(24)17(4)23(28(5,25)26)19-8-6-7-16(3)13-19/h6-13,15,17H,14H2,1-5H3,(H,22,24). The van der Waals surface area contributed by atoms with Gasteiger partial charge in [-0.05, 0) is 63.1 Å². The van der Waals surface area contributed by atoms with Crippen molar-refractivity contribution in [1.29, 1.82) is 0 Å². The lowest BCUT2D eigenvalue weighted by atomic mass is 10.2. The SMILES string of the molecule is Cc1cccc(N(C(C)C(=O)NCc2ccc(OC(C)C)cc2)S(C)(=O)=O)c1. The van der Waals surface area contributed by atoms with Crippen molar-refractivity contribution >= 4 is 21.6 Å². The van der Waals surface area contributed by atoms with Crippen LogP contribution in [0.15, 0.2) is 48.5 Å². The van der Waals surface area contributed by atoms with Crippen molar-refractivity contribution in [3.05, 3.63) is 59.7 Å². The first kappa shape index (κ1) is 21.8. The molecule has 0 spiro atoms. The summed E-state index contributed by atoms with van der Waals surface area (Å²) in [5, 5.41) is 2.81. The zero-order valence-corrected chi connectivity index (χ0v) is 17.8. The van der Waals surface area contributed by atoms with Crippen LogP contribution in [0.25, 0.3) is 0 Å². The van der Waals surface area contributed by atoms with Crippen LogP contribution in [0.1, 0.15) is 31.9 Å². The number of carbonyl (C=O) groups is 1. The Morgan fingerprint density at radius 2 is 1.75 bits per heavy atom. The number of ether oxygens (including phenoxy) is 1. The van der Waals surface area contributed by atoms with E-state index in [1.165, 1.54) is 0 Å². The van der Waals surface area contributed by atoms with E-state index in [1.807, 2.05) is 51.1 Å². The number of rotatable bonds is 8. The maximum absolute atomic E-state index is 12.6. The van der Waals surface area contributed by atoms with Gasteiger partial charge >= 0.3 is 0 Å². The minimum atomic E-state index is -3.62. The van der Waals surface area contributed by atoms with Gasteiger partial charge in [0, 0.05) is 6.54 Å². The smallest absolute Gasteiger partial charge is 0.243 e. The number of benzene rings is 2. The number of nitrogens with zero attached hydrogens (tertiary/aromatic N) is 1. The van der Waals surface area contributed by atoms with Gasteiger partial charge in [0.25, 0.3) is 0 Å². The number of aryl methyl sites for hydroxylation is 1. The van der Waals surface area contributed by atoms with Gasteiger partial charge in [-0.1, -0.05) is 24.3 Å². The molecule has 0 bridgehead atoms. The van der Waals surface area contributed by atoms with Crippen molar-refractivity contribution in [2.45, 2.75) is 46.4 Å². The maximum Gasteiger partial charge on any atom is 0.243 e. The van der Waals surface area contributed by atoms with Gasteiger partial charge < -0.3 is 10.1 Å². The Morgan fingerprint density at radius 3 is 2.29 bits per heavy atom. The fraction of sp³-hybridized carbons (Fsp3) is 0.381. The van der Waals surface area contributed by atoms with Crippen LogP contribution >= 0.6 is 0 Å². The average molecular weight is 405 g/mol. The molecule has 0 saturated heterocycles. The third-order valence-electron chi connectivity index (χ3n) is 4.11. The fourth-order valence-electron chi connectivity index (χ4n) is 2.87. The third kappa shape index (κ3) is 5.99. The molecule has 28 heavy (non-hydrogen) atoms. The average Bonchev–Trinajstić information content (AvgIpc) is 2.59. The Morgan fingerprint density at radius 1 is 1.11 bits per heavy atom. The Bertz CT molecular complexity index is 908. The number of nitrogens with one attached hydrogen (secondary N) is 1. The molecule has 1 atom stereocenters. The lowest BCUT2D eigenvalue weighted by molar-refractivity contribution is -0.122. The molecule has 152 valence electrons. The topological polar surface area (TPSA) is 75.7 Å². The van der Waals surface area contributed by atoms with Crippen molar-refractivity contribution in [3.63, 3.8) is 0 Å². The van der Waals surface area contributed by atoms with Crippen LogP contribution in [0.4, 0.5) is 5.69 Å². The first-order valence-corrected chi connectivity index (χ1v) is 11.0. The minimum Gasteiger partial charge on any atom is -0.491 e. The highest BCUT2D eigenvalue weighted by atomic mass is 32.2. The van der Waals surface area contributed by atoms with Gasteiger partial charge in [0.15, 0.2) is 0 Å². The van der Waals surface area contributed by atoms with Gasteiger partial charge in [0.1, 0.15) is 11.8 Å². The summed E-state index contributed by atoms with van der Waals surface area (Å²) in [6.45, 7) is 7.67. The quantitative estimate of drug-likeness (QED) is 0.733. The molecule has 1 unspecified atom stereocenters. The van der Waals surface area contributed by atoms with Crippen molar-refractivity contribution in [2.75, 3.05) is 10.6 Å². The zero-order chi connectivity index (χ0) is 20.9. The number of hydrogen-bond donors (Lipinski definition) is 1. The highest BCUT2D eigenvalue weighted by Crippen LogP contribution is 2.22. The molecule has 0 aliphatic carbocycles. The summed E-state index contributed by atoms with van der Waals surface area (Å²) in [5.74, 6) is 0.399. The lowest BCUT2D eigenvalue weighted by Gasteiger charge is -2.28. The molecule has 2 rings (SSSR count). The molecular weight excluding hydrogens is 376 g/mol. The molecule has 0 aliphatic heterocycles. The first-order chi connectivity index (χ1) is 13.1. The van der Waals surface area contributed by atoms with Gasteiger partial charge in [-0.25, -0.2) is 8.42 Å². The summed E-state index contributed by atoms with van der Waals surface area (Å²) in [6.07, 6.45) is 1.20. The Hall–Kier alpha value is -2.54. The van der Waals surface area contributed by atoms with Gasteiger partial charge in [0.2, 0.25) is 15.9 Å². The fourth-order valence-corrected chi connectivity index (χ4v) is 4.04. The van der Waals surface area contributed by atoms with E-state index in [1.54, 1.807) is 25.1 Å². The molecule has 6 nitrogen and oxygen atoms in total. The number of anilines is 1. The molecule has 0 aliphatic rings. The van der Waals surface area contributed by atoms with E-state index in [0.717, 1.165) is 27.4 Å². The summed E-state index contributed by atoms with van der Waals surface area (Å²) >= 11 is 0. The largest absolute Gasteiger partial charge is 0.491 e. The van der Waals surface area contributed by atoms with Crippen LogP contribution in [0.2, 0.25) is 0 Å². The second kappa shape index (κ2) is 9.10. The number of carbonyl (C=O) groups excluding carboxylic acids is 1. The van der Waals surface area contributed by atoms with Crippen molar-refractivity contribution in [2.24, 2.45) is 0 Å². The van der Waals surface area contributed by atoms with Gasteiger partial charge in [-0.3, -0.25) is 9.10 Å². The monoisotopic (exact) mass is 404 g/mol. The molecule has 0 saturated carbocycles. The second-order valence-electron chi connectivity index (χ2n) is 7.10. The Labute approximate surface area is 167 Å². The second-order valence-corrected chi connectivity index (χ2v) is 8.96. The number of amides is 1. The molecule has 0 fully saturated rings. The van der Waals surface area contributed by atoms with Crippen LogP contribution < -0.4 is 14.4 Å². The summed E-state index contributed by atoms with van der Waals surface area (Å²) in [5.41, 5.74) is 2.29. The van der Waals surface area contributed by atoms with E-state index in [2.05, 4.69) is 5.32 Å². The van der Waals surface area contributed by atoms with E-state index >= 15 is 0 Å². The molecule has 1 N–H and O–H groups in total.